The first kappa shape index (κ1) is 14.8. The van der Waals surface area contributed by atoms with E-state index < -0.39 is 0 Å². The zero-order valence-electron chi connectivity index (χ0n) is 11.8. The number of halogens is 1. The van der Waals surface area contributed by atoms with Gasteiger partial charge in [-0.3, -0.25) is 9.69 Å². The maximum atomic E-state index is 12.7. The highest BCUT2D eigenvalue weighted by molar-refractivity contribution is 5.77. The van der Waals surface area contributed by atoms with Crippen molar-refractivity contribution in [1.29, 1.82) is 0 Å². The van der Waals surface area contributed by atoms with Gasteiger partial charge in [-0.2, -0.15) is 0 Å². The van der Waals surface area contributed by atoms with Gasteiger partial charge < -0.3 is 10.1 Å². The van der Waals surface area contributed by atoms with E-state index in [-0.39, 0.29) is 18.3 Å². The number of nitrogens with one attached hydrogen (secondary N) is 1. The van der Waals surface area contributed by atoms with E-state index in [2.05, 4.69) is 17.1 Å². The second kappa shape index (κ2) is 7.24. The summed E-state index contributed by atoms with van der Waals surface area (Å²) in [5.74, 6) is 0.0238. The third kappa shape index (κ3) is 4.49. The Labute approximate surface area is 118 Å². The van der Waals surface area contributed by atoms with Crippen molar-refractivity contribution in [2.24, 2.45) is 0 Å². The molecule has 1 aromatic carbocycles. The van der Waals surface area contributed by atoms with Crippen LogP contribution in [0.3, 0.4) is 0 Å². The number of hydrogen-bond donors (Lipinski definition) is 1. The number of rotatable bonds is 6. The minimum Gasteiger partial charge on any atom is -0.484 e. The quantitative estimate of drug-likeness (QED) is 0.864. The molecule has 0 aliphatic carbocycles. The van der Waals surface area contributed by atoms with Gasteiger partial charge in [-0.05, 0) is 57.1 Å². The largest absolute Gasteiger partial charge is 0.484 e. The highest BCUT2D eigenvalue weighted by Crippen LogP contribution is 2.11. The van der Waals surface area contributed by atoms with E-state index in [1.807, 2.05) is 0 Å². The van der Waals surface area contributed by atoms with Crippen LogP contribution in [0.5, 0.6) is 5.75 Å². The Morgan fingerprint density at radius 3 is 2.65 bits per heavy atom. The molecule has 0 radical (unpaired) electrons. The number of likely N-dealkylation sites (tertiary alicyclic amines) is 1. The van der Waals surface area contributed by atoms with Crippen LogP contribution in [0.15, 0.2) is 24.3 Å². The van der Waals surface area contributed by atoms with E-state index in [9.17, 15) is 9.18 Å². The molecule has 20 heavy (non-hydrogen) atoms. The van der Waals surface area contributed by atoms with Crippen LogP contribution in [0, 0.1) is 5.82 Å². The molecule has 0 saturated carbocycles. The molecule has 1 heterocycles. The van der Waals surface area contributed by atoms with Crippen LogP contribution in [0.2, 0.25) is 0 Å². The molecule has 1 aliphatic rings. The second-order valence-electron chi connectivity index (χ2n) is 5.14. The summed E-state index contributed by atoms with van der Waals surface area (Å²) in [6.45, 7) is 4.93. The minimum atomic E-state index is -0.318. The first-order valence-electron chi connectivity index (χ1n) is 7.04. The minimum absolute atomic E-state index is 0.0433. The molecule has 1 atom stereocenters. The Balaban J connectivity index is 1.66. The number of ether oxygens (including phenoxy) is 1. The predicted molar refractivity (Wildman–Crippen MR) is 75.2 cm³/mol. The van der Waals surface area contributed by atoms with Crippen LogP contribution < -0.4 is 10.1 Å². The topological polar surface area (TPSA) is 41.6 Å². The summed E-state index contributed by atoms with van der Waals surface area (Å²) in [5.41, 5.74) is 0. The first-order chi connectivity index (χ1) is 9.65. The molecule has 2 rings (SSSR count). The molecule has 0 unspecified atom stereocenters. The number of carbonyl (C=O) groups is 1. The number of nitrogens with zero attached hydrogens (tertiary/aromatic N) is 1. The van der Waals surface area contributed by atoms with Gasteiger partial charge in [0, 0.05) is 12.6 Å². The molecule has 1 saturated heterocycles. The molecular formula is C15H21FN2O2. The van der Waals surface area contributed by atoms with E-state index in [0.29, 0.717) is 18.3 Å². The van der Waals surface area contributed by atoms with E-state index in [0.717, 1.165) is 13.1 Å². The van der Waals surface area contributed by atoms with Crippen LogP contribution in [-0.4, -0.2) is 43.1 Å². The molecule has 1 aromatic rings. The summed E-state index contributed by atoms with van der Waals surface area (Å²) in [4.78, 5) is 14.1. The monoisotopic (exact) mass is 280 g/mol. The maximum Gasteiger partial charge on any atom is 0.257 e. The van der Waals surface area contributed by atoms with Crippen LogP contribution in [0.1, 0.15) is 19.8 Å². The molecule has 0 spiro atoms. The summed E-state index contributed by atoms with van der Waals surface area (Å²) in [6.07, 6.45) is 2.48. The lowest BCUT2D eigenvalue weighted by Crippen LogP contribution is -2.42. The predicted octanol–water partition coefficient (Wildman–Crippen LogP) is 1.80. The second-order valence-corrected chi connectivity index (χ2v) is 5.14. The number of hydrogen-bond acceptors (Lipinski definition) is 3. The standard InChI is InChI=1S/C15H21FN2O2/c1-12(18-8-2-3-9-18)10-17-15(19)11-20-14-6-4-13(16)5-7-14/h4-7,12H,2-3,8-11H2,1H3,(H,17,19)/t12-/m0/s1. The van der Waals surface area contributed by atoms with Crippen molar-refractivity contribution in [2.45, 2.75) is 25.8 Å². The van der Waals surface area contributed by atoms with Crippen molar-refractivity contribution in [2.75, 3.05) is 26.2 Å². The van der Waals surface area contributed by atoms with Crippen molar-refractivity contribution >= 4 is 5.91 Å². The van der Waals surface area contributed by atoms with Gasteiger partial charge in [-0.1, -0.05) is 0 Å². The maximum absolute atomic E-state index is 12.7. The Hall–Kier alpha value is -1.62. The van der Waals surface area contributed by atoms with Crippen molar-refractivity contribution in [3.05, 3.63) is 30.1 Å². The number of carbonyl (C=O) groups excluding carboxylic acids is 1. The molecule has 1 N–H and O–H groups in total. The molecule has 0 aromatic heterocycles. The van der Waals surface area contributed by atoms with Crippen LogP contribution >= 0.6 is 0 Å². The van der Waals surface area contributed by atoms with Crippen molar-refractivity contribution in [1.82, 2.24) is 10.2 Å². The zero-order valence-corrected chi connectivity index (χ0v) is 11.8. The fraction of sp³-hybridized carbons (Fsp3) is 0.533. The molecule has 1 fully saturated rings. The van der Waals surface area contributed by atoms with Gasteiger partial charge >= 0.3 is 0 Å². The van der Waals surface area contributed by atoms with Gasteiger partial charge in [0.05, 0.1) is 0 Å². The SMILES string of the molecule is C[C@@H](CNC(=O)COc1ccc(F)cc1)N1CCCC1. The lowest BCUT2D eigenvalue weighted by Gasteiger charge is -2.23. The van der Waals surface area contributed by atoms with E-state index >= 15 is 0 Å². The van der Waals surface area contributed by atoms with E-state index in [1.54, 1.807) is 0 Å². The van der Waals surface area contributed by atoms with Crippen LogP contribution in [0.25, 0.3) is 0 Å². The third-order valence-electron chi connectivity index (χ3n) is 3.54. The van der Waals surface area contributed by atoms with Gasteiger partial charge in [0.25, 0.3) is 5.91 Å². The summed E-state index contributed by atoms with van der Waals surface area (Å²) in [7, 11) is 0. The fourth-order valence-corrected chi connectivity index (χ4v) is 2.30. The first-order valence-corrected chi connectivity index (χ1v) is 7.04. The van der Waals surface area contributed by atoms with Crippen molar-refractivity contribution in [3.63, 3.8) is 0 Å². The van der Waals surface area contributed by atoms with Crippen molar-refractivity contribution < 1.29 is 13.9 Å². The smallest absolute Gasteiger partial charge is 0.257 e. The summed E-state index contributed by atoms with van der Waals surface area (Å²) >= 11 is 0. The molecule has 5 heteroatoms. The molecule has 4 nitrogen and oxygen atoms in total. The lowest BCUT2D eigenvalue weighted by atomic mass is 10.3. The highest BCUT2D eigenvalue weighted by Gasteiger charge is 2.18. The number of benzene rings is 1. The summed E-state index contributed by atoms with van der Waals surface area (Å²) in [5, 5.41) is 2.86. The molecule has 110 valence electrons. The van der Waals surface area contributed by atoms with Gasteiger partial charge in [0.1, 0.15) is 11.6 Å². The Kier molecular flexibility index (Phi) is 5.35. The molecular weight excluding hydrogens is 259 g/mol. The average Bonchev–Trinajstić information content (AvgIpc) is 2.98. The Morgan fingerprint density at radius 1 is 1.35 bits per heavy atom. The summed E-state index contributed by atoms with van der Waals surface area (Å²) in [6, 6.07) is 5.99. The Morgan fingerprint density at radius 2 is 2.00 bits per heavy atom. The van der Waals surface area contributed by atoms with Crippen molar-refractivity contribution in [3.8, 4) is 5.75 Å². The Bertz CT molecular complexity index is 430. The normalized spacial score (nSPS) is 16.9. The van der Waals surface area contributed by atoms with Gasteiger partial charge in [0.15, 0.2) is 6.61 Å². The zero-order chi connectivity index (χ0) is 14.4. The molecule has 1 aliphatic heterocycles. The summed E-state index contributed by atoms with van der Waals surface area (Å²) < 4.78 is 18.0. The van der Waals surface area contributed by atoms with Crippen LogP contribution in [-0.2, 0) is 4.79 Å². The van der Waals surface area contributed by atoms with E-state index in [1.165, 1.54) is 37.1 Å². The van der Waals surface area contributed by atoms with Gasteiger partial charge in [-0.15, -0.1) is 0 Å². The average molecular weight is 280 g/mol. The third-order valence-corrected chi connectivity index (χ3v) is 3.54. The molecule has 1 amide bonds. The number of amides is 1. The van der Waals surface area contributed by atoms with Gasteiger partial charge in [-0.25, -0.2) is 4.39 Å². The lowest BCUT2D eigenvalue weighted by molar-refractivity contribution is -0.123. The van der Waals surface area contributed by atoms with Crippen LogP contribution in [0.4, 0.5) is 4.39 Å². The van der Waals surface area contributed by atoms with E-state index in [4.69, 9.17) is 4.74 Å². The fourth-order valence-electron chi connectivity index (χ4n) is 2.30. The highest BCUT2D eigenvalue weighted by atomic mass is 19.1. The molecule has 0 bridgehead atoms. The van der Waals surface area contributed by atoms with Gasteiger partial charge in [0.2, 0.25) is 0 Å².